The molecule has 0 N–H and O–H groups in total. The lowest BCUT2D eigenvalue weighted by Gasteiger charge is -2.28. The number of benzene rings is 1. The standard InChI is InChI=1S/C13H17N/c1-10-8-9-14-11(2)13(10)12-6-4-3-5-7-12/h3-7,10,13H,8-9H2,1-2H3/t10-,13+/m0/s1. The minimum absolute atomic E-state index is 0.546. The fourth-order valence-corrected chi connectivity index (χ4v) is 2.35. The molecule has 0 bridgehead atoms. The lowest BCUT2D eigenvalue weighted by atomic mass is 9.80. The summed E-state index contributed by atoms with van der Waals surface area (Å²) in [5.41, 5.74) is 2.72. The van der Waals surface area contributed by atoms with Crippen molar-refractivity contribution in [1.82, 2.24) is 0 Å². The Morgan fingerprint density at radius 1 is 1.21 bits per heavy atom. The van der Waals surface area contributed by atoms with Gasteiger partial charge in [0.15, 0.2) is 0 Å². The Balaban J connectivity index is 2.32. The first-order chi connectivity index (χ1) is 6.79. The Morgan fingerprint density at radius 3 is 2.57 bits per heavy atom. The topological polar surface area (TPSA) is 12.4 Å². The molecule has 1 heteroatoms. The van der Waals surface area contributed by atoms with Crippen molar-refractivity contribution in [2.75, 3.05) is 6.54 Å². The molecule has 1 heterocycles. The highest BCUT2D eigenvalue weighted by atomic mass is 14.8. The van der Waals surface area contributed by atoms with Gasteiger partial charge in [0.25, 0.3) is 0 Å². The van der Waals surface area contributed by atoms with E-state index in [1.54, 1.807) is 0 Å². The summed E-state index contributed by atoms with van der Waals surface area (Å²) in [5.74, 6) is 1.28. The fourth-order valence-electron chi connectivity index (χ4n) is 2.35. The number of hydrogen-bond donors (Lipinski definition) is 0. The molecular weight excluding hydrogens is 170 g/mol. The summed E-state index contributed by atoms with van der Waals surface area (Å²) in [6.45, 7) is 5.50. The van der Waals surface area contributed by atoms with Crippen LogP contribution in [0.2, 0.25) is 0 Å². The quantitative estimate of drug-likeness (QED) is 0.640. The van der Waals surface area contributed by atoms with E-state index in [0.717, 1.165) is 12.5 Å². The Morgan fingerprint density at radius 2 is 1.93 bits per heavy atom. The van der Waals surface area contributed by atoms with Gasteiger partial charge in [0.1, 0.15) is 0 Å². The molecule has 0 spiro atoms. The molecule has 1 aliphatic heterocycles. The highest BCUT2D eigenvalue weighted by Crippen LogP contribution is 2.31. The highest BCUT2D eigenvalue weighted by Gasteiger charge is 2.24. The molecule has 1 aromatic rings. The molecule has 1 aromatic carbocycles. The molecule has 0 fully saturated rings. The van der Waals surface area contributed by atoms with Crippen LogP contribution in [0.4, 0.5) is 0 Å². The molecule has 0 aliphatic carbocycles. The summed E-state index contributed by atoms with van der Waals surface area (Å²) in [6, 6.07) is 10.7. The summed E-state index contributed by atoms with van der Waals surface area (Å²) in [7, 11) is 0. The van der Waals surface area contributed by atoms with Gasteiger partial charge in [-0.15, -0.1) is 0 Å². The minimum atomic E-state index is 0.546. The Labute approximate surface area is 85.9 Å². The monoisotopic (exact) mass is 187 g/mol. The zero-order valence-corrected chi connectivity index (χ0v) is 8.90. The van der Waals surface area contributed by atoms with Crippen molar-refractivity contribution < 1.29 is 0 Å². The van der Waals surface area contributed by atoms with Crippen molar-refractivity contribution >= 4 is 5.71 Å². The van der Waals surface area contributed by atoms with E-state index < -0.39 is 0 Å². The molecule has 0 saturated carbocycles. The van der Waals surface area contributed by atoms with E-state index in [0.29, 0.717) is 5.92 Å². The highest BCUT2D eigenvalue weighted by molar-refractivity contribution is 5.89. The third kappa shape index (κ3) is 1.72. The van der Waals surface area contributed by atoms with E-state index in [1.165, 1.54) is 17.7 Å². The van der Waals surface area contributed by atoms with E-state index in [-0.39, 0.29) is 0 Å². The number of rotatable bonds is 1. The number of hydrogen-bond acceptors (Lipinski definition) is 1. The largest absolute Gasteiger partial charge is 0.294 e. The maximum atomic E-state index is 4.55. The second kappa shape index (κ2) is 3.95. The van der Waals surface area contributed by atoms with Crippen LogP contribution in [0.25, 0.3) is 0 Å². The van der Waals surface area contributed by atoms with Gasteiger partial charge in [0, 0.05) is 18.2 Å². The van der Waals surface area contributed by atoms with Crippen LogP contribution < -0.4 is 0 Å². The summed E-state index contributed by atoms with van der Waals surface area (Å²) in [4.78, 5) is 4.55. The number of nitrogens with zero attached hydrogens (tertiary/aromatic N) is 1. The molecule has 1 aliphatic rings. The zero-order chi connectivity index (χ0) is 9.97. The van der Waals surface area contributed by atoms with Gasteiger partial charge >= 0.3 is 0 Å². The normalized spacial score (nSPS) is 27.1. The average Bonchev–Trinajstić information content (AvgIpc) is 2.19. The van der Waals surface area contributed by atoms with Crippen molar-refractivity contribution in [2.24, 2.45) is 10.9 Å². The van der Waals surface area contributed by atoms with E-state index in [9.17, 15) is 0 Å². The lowest BCUT2D eigenvalue weighted by Crippen LogP contribution is -2.23. The van der Waals surface area contributed by atoms with E-state index >= 15 is 0 Å². The third-order valence-corrected chi connectivity index (χ3v) is 3.12. The predicted molar refractivity (Wildman–Crippen MR) is 60.9 cm³/mol. The van der Waals surface area contributed by atoms with E-state index in [2.05, 4.69) is 49.2 Å². The smallest absolute Gasteiger partial charge is 0.0391 e. The van der Waals surface area contributed by atoms with Crippen molar-refractivity contribution in [3.63, 3.8) is 0 Å². The van der Waals surface area contributed by atoms with Crippen LogP contribution in [0.3, 0.4) is 0 Å². The van der Waals surface area contributed by atoms with Crippen LogP contribution in [-0.2, 0) is 0 Å². The second-order valence-electron chi connectivity index (χ2n) is 4.18. The molecule has 74 valence electrons. The van der Waals surface area contributed by atoms with Gasteiger partial charge in [-0.3, -0.25) is 4.99 Å². The van der Waals surface area contributed by atoms with Gasteiger partial charge < -0.3 is 0 Å². The van der Waals surface area contributed by atoms with Crippen LogP contribution in [0.1, 0.15) is 31.7 Å². The second-order valence-corrected chi connectivity index (χ2v) is 4.18. The average molecular weight is 187 g/mol. The Kier molecular flexibility index (Phi) is 2.67. The van der Waals surface area contributed by atoms with Crippen molar-refractivity contribution in [3.05, 3.63) is 35.9 Å². The first-order valence-electron chi connectivity index (χ1n) is 5.35. The zero-order valence-electron chi connectivity index (χ0n) is 8.90. The van der Waals surface area contributed by atoms with Crippen molar-refractivity contribution in [3.8, 4) is 0 Å². The predicted octanol–water partition coefficient (Wildman–Crippen LogP) is 3.27. The first-order valence-corrected chi connectivity index (χ1v) is 5.35. The van der Waals surface area contributed by atoms with Gasteiger partial charge in [-0.1, -0.05) is 37.3 Å². The van der Waals surface area contributed by atoms with Crippen LogP contribution in [0.15, 0.2) is 35.3 Å². The van der Waals surface area contributed by atoms with Gasteiger partial charge in [-0.25, -0.2) is 0 Å². The molecule has 2 atom stereocenters. The minimum Gasteiger partial charge on any atom is -0.294 e. The van der Waals surface area contributed by atoms with E-state index in [1.807, 2.05) is 0 Å². The van der Waals surface area contributed by atoms with Crippen molar-refractivity contribution in [1.29, 1.82) is 0 Å². The molecule has 0 amide bonds. The molecule has 2 rings (SSSR count). The molecule has 0 saturated heterocycles. The van der Waals surface area contributed by atoms with Gasteiger partial charge in [-0.2, -0.15) is 0 Å². The molecular formula is C13H17N. The molecule has 14 heavy (non-hydrogen) atoms. The maximum Gasteiger partial charge on any atom is 0.0391 e. The lowest BCUT2D eigenvalue weighted by molar-refractivity contribution is 0.486. The maximum absolute atomic E-state index is 4.55. The summed E-state index contributed by atoms with van der Waals surface area (Å²) >= 11 is 0. The first kappa shape index (κ1) is 9.45. The van der Waals surface area contributed by atoms with Gasteiger partial charge in [-0.05, 0) is 24.8 Å². The third-order valence-electron chi connectivity index (χ3n) is 3.12. The van der Waals surface area contributed by atoms with Crippen LogP contribution >= 0.6 is 0 Å². The molecule has 0 aromatic heterocycles. The van der Waals surface area contributed by atoms with Crippen LogP contribution in [-0.4, -0.2) is 12.3 Å². The Bertz CT molecular complexity index is 326. The van der Waals surface area contributed by atoms with Crippen LogP contribution in [0.5, 0.6) is 0 Å². The van der Waals surface area contributed by atoms with Crippen molar-refractivity contribution in [2.45, 2.75) is 26.2 Å². The number of aliphatic imine (C=N–C) groups is 1. The van der Waals surface area contributed by atoms with Gasteiger partial charge in [0.05, 0.1) is 0 Å². The summed E-state index contributed by atoms with van der Waals surface area (Å²) in [5, 5.41) is 0. The molecule has 0 radical (unpaired) electrons. The SMILES string of the molecule is CC1=NCC[C@H](C)[C@H]1c1ccccc1. The van der Waals surface area contributed by atoms with Gasteiger partial charge in [0.2, 0.25) is 0 Å². The fraction of sp³-hybridized carbons (Fsp3) is 0.462. The molecule has 1 nitrogen and oxygen atoms in total. The molecule has 0 unspecified atom stereocenters. The van der Waals surface area contributed by atoms with Crippen LogP contribution in [0, 0.1) is 5.92 Å². The summed E-state index contributed by atoms with van der Waals surface area (Å²) in [6.07, 6.45) is 1.22. The Hall–Kier alpha value is -1.11. The van der Waals surface area contributed by atoms with E-state index in [4.69, 9.17) is 0 Å². The summed E-state index contributed by atoms with van der Waals surface area (Å²) < 4.78 is 0.